The number of aliphatic hydroxyl groups is 1. The summed E-state index contributed by atoms with van der Waals surface area (Å²) < 4.78 is 23.5. The predicted molar refractivity (Wildman–Crippen MR) is 371 cm³/mol. The molecule has 0 aromatic heterocycles. The van der Waals surface area contributed by atoms with Crippen molar-refractivity contribution in [3.63, 3.8) is 0 Å². The maximum atomic E-state index is 13.0. The molecule has 0 saturated carbocycles. The Morgan fingerprint density at radius 3 is 1.05 bits per heavy atom. The van der Waals surface area contributed by atoms with Crippen LogP contribution in [0.1, 0.15) is 316 Å². The zero-order valence-electron chi connectivity index (χ0n) is 56.3. The number of nitrogens with zero attached hydrogens (tertiary/aromatic N) is 1. The van der Waals surface area contributed by atoms with Crippen molar-refractivity contribution in [2.24, 2.45) is 0 Å². The minimum absolute atomic E-state index is 0.00595. The number of quaternary nitrogens is 1. The van der Waals surface area contributed by atoms with Crippen molar-refractivity contribution < 1.29 is 32.9 Å². The van der Waals surface area contributed by atoms with Gasteiger partial charge in [-0.05, 0) is 83.5 Å². The fraction of sp³-hybridized carbons (Fsp3) is 0.750. The molecule has 492 valence electrons. The number of allylic oxidation sites excluding steroid dienone is 17. The number of amides is 1. The molecule has 0 heterocycles. The summed E-state index contributed by atoms with van der Waals surface area (Å²) >= 11 is 0. The van der Waals surface area contributed by atoms with E-state index in [1.165, 1.54) is 199 Å². The lowest BCUT2D eigenvalue weighted by atomic mass is 10.0. The lowest BCUT2D eigenvalue weighted by molar-refractivity contribution is -0.870. The summed E-state index contributed by atoms with van der Waals surface area (Å²) in [6.45, 7) is 4.56. The van der Waals surface area contributed by atoms with Gasteiger partial charge in [-0.25, -0.2) is 0 Å². The smallest absolute Gasteiger partial charge is 0.268 e. The molecule has 0 spiro atoms. The number of likely N-dealkylation sites (N-methyl/N-ethyl adjacent to an activating group) is 1. The van der Waals surface area contributed by atoms with E-state index in [0.717, 1.165) is 96.3 Å². The summed E-state index contributed by atoms with van der Waals surface area (Å²) in [6.07, 6.45) is 96.3. The first-order valence-electron chi connectivity index (χ1n) is 35.7. The minimum Gasteiger partial charge on any atom is -0.756 e. The van der Waals surface area contributed by atoms with Crippen molar-refractivity contribution in [1.82, 2.24) is 5.32 Å². The molecule has 3 atom stereocenters. The molecule has 0 fully saturated rings. The third-order valence-electron chi connectivity index (χ3n) is 15.7. The Bertz CT molecular complexity index is 1760. The summed E-state index contributed by atoms with van der Waals surface area (Å²) in [6, 6.07) is -0.898. The van der Waals surface area contributed by atoms with E-state index in [1.54, 1.807) is 6.08 Å². The average molecular weight is 1210 g/mol. The van der Waals surface area contributed by atoms with Crippen LogP contribution in [0.3, 0.4) is 0 Å². The third-order valence-corrected chi connectivity index (χ3v) is 16.7. The number of unbranched alkanes of at least 4 members (excludes halogenated alkanes) is 36. The Morgan fingerprint density at radius 1 is 0.424 bits per heavy atom. The van der Waals surface area contributed by atoms with Gasteiger partial charge >= 0.3 is 0 Å². The van der Waals surface area contributed by atoms with Crippen molar-refractivity contribution in [2.75, 3.05) is 40.9 Å². The minimum atomic E-state index is -4.61. The van der Waals surface area contributed by atoms with Crippen LogP contribution in [0.25, 0.3) is 0 Å². The van der Waals surface area contributed by atoms with Crippen LogP contribution in [0.4, 0.5) is 0 Å². The van der Waals surface area contributed by atoms with Gasteiger partial charge in [-0.2, -0.15) is 0 Å². The van der Waals surface area contributed by atoms with E-state index in [0.29, 0.717) is 17.4 Å². The van der Waals surface area contributed by atoms with Crippen LogP contribution in [-0.4, -0.2) is 68.5 Å². The molecular formula is C76H137N2O6P. The molecule has 85 heavy (non-hydrogen) atoms. The van der Waals surface area contributed by atoms with Crippen LogP contribution >= 0.6 is 7.82 Å². The zero-order chi connectivity index (χ0) is 61.9. The molecule has 9 heteroatoms. The number of rotatable bonds is 65. The van der Waals surface area contributed by atoms with Crippen LogP contribution < -0.4 is 10.2 Å². The van der Waals surface area contributed by atoms with E-state index in [-0.39, 0.29) is 19.1 Å². The van der Waals surface area contributed by atoms with Gasteiger partial charge in [0.1, 0.15) is 13.2 Å². The highest BCUT2D eigenvalue weighted by Gasteiger charge is 2.23. The molecule has 1 amide bonds. The Labute approximate surface area is 527 Å². The van der Waals surface area contributed by atoms with E-state index in [4.69, 9.17) is 9.05 Å². The molecule has 0 bridgehead atoms. The second-order valence-corrected chi connectivity index (χ2v) is 26.6. The van der Waals surface area contributed by atoms with E-state index in [9.17, 15) is 19.4 Å². The van der Waals surface area contributed by atoms with E-state index < -0.39 is 20.0 Å². The molecule has 0 aromatic rings. The fourth-order valence-corrected chi connectivity index (χ4v) is 11.0. The number of phosphoric acid groups is 1. The van der Waals surface area contributed by atoms with Crippen LogP contribution in [-0.2, 0) is 18.4 Å². The second kappa shape index (κ2) is 65.6. The molecule has 0 rings (SSSR count). The second-order valence-electron chi connectivity index (χ2n) is 25.2. The van der Waals surface area contributed by atoms with E-state index in [2.05, 4.69) is 116 Å². The summed E-state index contributed by atoms with van der Waals surface area (Å²) in [7, 11) is 1.25. The van der Waals surface area contributed by atoms with Crippen molar-refractivity contribution in [3.8, 4) is 0 Å². The first kappa shape index (κ1) is 82.2. The maximum absolute atomic E-state index is 13.0. The number of phosphoric ester groups is 1. The maximum Gasteiger partial charge on any atom is 0.268 e. The Morgan fingerprint density at radius 2 is 0.718 bits per heavy atom. The van der Waals surface area contributed by atoms with Gasteiger partial charge in [0, 0.05) is 6.42 Å². The quantitative estimate of drug-likeness (QED) is 0.0272. The van der Waals surface area contributed by atoms with E-state index >= 15 is 0 Å². The summed E-state index contributed by atoms with van der Waals surface area (Å²) in [4.78, 5) is 25.7. The first-order valence-corrected chi connectivity index (χ1v) is 37.2. The fourth-order valence-electron chi connectivity index (χ4n) is 10.2. The third kappa shape index (κ3) is 68.5. The normalized spacial score (nSPS) is 14.3. The number of hydrogen-bond donors (Lipinski definition) is 2. The molecule has 0 aliphatic rings. The first-order chi connectivity index (χ1) is 41.5. The van der Waals surface area contributed by atoms with Crippen molar-refractivity contribution in [2.45, 2.75) is 328 Å². The largest absolute Gasteiger partial charge is 0.756 e. The van der Waals surface area contributed by atoms with Gasteiger partial charge in [-0.1, -0.05) is 335 Å². The van der Waals surface area contributed by atoms with Gasteiger partial charge in [0.2, 0.25) is 5.91 Å². The van der Waals surface area contributed by atoms with Gasteiger partial charge in [0.05, 0.1) is 39.9 Å². The average Bonchev–Trinajstić information content (AvgIpc) is 3.48. The number of hydrogen-bond acceptors (Lipinski definition) is 6. The summed E-state index contributed by atoms with van der Waals surface area (Å²) in [5, 5.41) is 14.0. The van der Waals surface area contributed by atoms with Gasteiger partial charge < -0.3 is 28.8 Å². The molecule has 0 aliphatic heterocycles. The number of carbonyl (C=O) groups is 1. The Hall–Kier alpha value is -2.84. The molecule has 0 aliphatic carbocycles. The predicted octanol–water partition coefficient (Wildman–Crippen LogP) is 22.4. The van der Waals surface area contributed by atoms with Crippen LogP contribution in [0, 0.1) is 0 Å². The summed E-state index contributed by atoms with van der Waals surface area (Å²) in [5.74, 6) is -0.203. The highest BCUT2D eigenvalue weighted by atomic mass is 31.2. The zero-order valence-corrected chi connectivity index (χ0v) is 57.2. The Balaban J connectivity index is 4.12. The SMILES string of the molecule is CC/C=C\C/C=C\C/C=C\C/C=C\C/C=C\C/C=C\C/C=C\C/C=C\CCCCCCCCCCCCC(=O)NC(COP(=O)([O-])OCC[N+](C)(C)C)C(O)/C=C/CCCCCCCCCCCCCCCCCCCCCCCCCCCC. The van der Waals surface area contributed by atoms with Gasteiger partial charge in [0.15, 0.2) is 0 Å². The molecule has 2 N–H and O–H groups in total. The number of aliphatic hydroxyl groups excluding tert-OH is 1. The molecular weight excluding hydrogens is 1070 g/mol. The highest BCUT2D eigenvalue weighted by molar-refractivity contribution is 7.45. The van der Waals surface area contributed by atoms with Crippen molar-refractivity contribution >= 4 is 13.7 Å². The van der Waals surface area contributed by atoms with Crippen molar-refractivity contribution in [3.05, 3.63) is 109 Å². The highest BCUT2D eigenvalue weighted by Crippen LogP contribution is 2.38. The molecule has 0 radical (unpaired) electrons. The van der Waals surface area contributed by atoms with Gasteiger partial charge in [0.25, 0.3) is 7.82 Å². The monoisotopic (exact) mass is 1210 g/mol. The topological polar surface area (TPSA) is 108 Å². The number of nitrogens with one attached hydrogen (secondary N) is 1. The van der Waals surface area contributed by atoms with Gasteiger partial charge in [-0.15, -0.1) is 0 Å². The van der Waals surface area contributed by atoms with Gasteiger partial charge in [-0.3, -0.25) is 9.36 Å². The van der Waals surface area contributed by atoms with Crippen LogP contribution in [0.15, 0.2) is 109 Å². The van der Waals surface area contributed by atoms with Crippen LogP contribution in [0.2, 0.25) is 0 Å². The summed E-state index contributed by atoms with van der Waals surface area (Å²) in [5.41, 5.74) is 0. The lowest BCUT2D eigenvalue weighted by Gasteiger charge is -2.29. The molecule has 0 aromatic carbocycles. The number of carbonyl (C=O) groups excluding carboxylic acids is 1. The standard InChI is InChI=1S/C76H137N2O6P/c1-6-8-10-12-14-16-18-20-22-24-26-28-30-32-34-36-37-38-39-40-41-42-44-46-48-50-52-54-56-58-60-62-64-66-68-70-76(80)77-74(73-84-85(81,82)83-72-71-78(3,4)5)75(79)69-67-65-63-61-59-57-55-53-51-49-47-45-43-35-33-31-29-27-25-23-21-19-17-15-13-11-9-7-2/h8,10,14,16,20,22,26,28,32,34,37-38,40-41,44,46,67,69,74-75,79H,6-7,9,11-13,15,17-19,21,23-25,27,29-31,33,35-36,39,42-43,45,47-66,68,70-73H2,1-5H3,(H-,77,80,81,82)/b10-8-,16-14-,22-20-,28-26-,34-32-,38-37-,41-40-,46-44-,69-67+. The van der Waals surface area contributed by atoms with Crippen molar-refractivity contribution in [1.29, 1.82) is 0 Å². The molecule has 3 unspecified atom stereocenters. The van der Waals surface area contributed by atoms with Crippen LogP contribution in [0.5, 0.6) is 0 Å². The lowest BCUT2D eigenvalue weighted by Crippen LogP contribution is -2.45. The molecule has 8 nitrogen and oxygen atoms in total. The Kier molecular flexibility index (Phi) is 63.4. The molecule has 0 saturated heterocycles. The van der Waals surface area contributed by atoms with E-state index in [1.807, 2.05) is 27.2 Å².